The van der Waals surface area contributed by atoms with Crippen molar-refractivity contribution in [3.05, 3.63) is 82.1 Å². The highest BCUT2D eigenvalue weighted by Gasteiger charge is 2.06. The van der Waals surface area contributed by atoms with E-state index in [9.17, 15) is 9.59 Å². The molecular formula is C24H27N3O3. The van der Waals surface area contributed by atoms with Crippen molar-refractivity contribution >= 4 is 5.91 Å². The summed E-state index contributed by atoms with van der Waals surface area (Å²) in [5, 5.41) is 7.17. The second-order valence-electron chi connectivity index (χ2n) is 7.51. The topological polar surface area (TPSA) is 73.2 Å². The number of hydrogen-bond donors (Lipinski definition) is 1. The normalized spacial score (nSPS) is 10.8. The molecule has 2 aromatic carbocycles. The Kier molecular flexibility index (Phi) is 7.01. The lowest BCUT2D eigenvalue weighted by molar-refractivity contribution is -0.123. The fourth-order valence-electron chi connectivity index (χ4n) is 2.94. The molecule has 3 aromatic rings. The largest absolute Gasteiger partial charge is 0.484 e. The maximum absolute atomic E-state index is 12.1. The molecule has 6 heteroatoms. The molecule has 1 amide bonds. The summed E-state index contributed by atoms with van der Waals surface area (Å²) >= 11 is 0. The molecule has 0 unspecified atom stereocenters. The van der Waals surface area contributed by atoms with Crippen LogP contribution in [0.15, 0.2) is 65.5 Å². The summed E-state index contributed by atoms with van der Waals surface area (Å²) in [7, 11) is 0. The number of hydrogen-bond acceptors (Lipinski definition) is 4. The van der Waals surface area contributed by atoms with Crippen LogP contribution in [0.5, 0.6) is 5.75 Å². The molecule has 0 bridgehead atoms. The van der Waals surface area contributed by atoms with E-state index in [0.29, 0.717) is 23.9 Å². The lowest BCUT2D eigenvalue weighted by atomic mass is 10.0. The summed E-state index contributed by atoms with van der Waals surface area (Å²) in [6.07, 6.45) is 0. The van der Waals surface area contributed by atoms with Gasteiger partial charge in [0.25, 0.3) is 11.5 Å². The average molecular weight is 405 g/mol. The second kappa shape index (κ2) is 9.87. The zero-order chi connectivity index (χ0) is 21.5. The van der Waals surface area contributed by atoms with Crippen molar-refractivity contribution in [2.45, 2.75) is 33.2 Å². The molecule has 0 fully saturated rings. The summed E-state index contributed by atoms with van der Waals surface area (Å²) in [6.45, 7) is 6.77. The number of carbonyl (C=O) groups is 1. The molecule has 0 radical (unpaired) electrons. The standard InChI is InChI=1S/C24H27N3O3/c1-17(2)19-8-10-21(11-9-19)30-16-23(28)25-14-15-27-24(29)13-12-22(26-27)20-6-4-18(3)5-7-20/h4-13,17H,14-16H2,1-3H3,(H,25,28). The second-order valence-corrected chi connectivity index (χ2v) is 7.51. The first-order valence-corrected chi connectivity index (χ1v) is 10.1. The van der Waals surface area contributed by atoms with Crippen LogP contribution in [0, 0.1) is 6.92 Å². The molecule has 1 heterocycles. The third-order valence-corrected chi connectivity index (χ3v) is 4.78. The van der Waals surface area contributed by atoms with Crippen molar-refractivity contribution in [3.8, 4) is 17.0 Å². The molecule has 0 aliphatic carbocycles. The molecule has 0 spiro atoms. The van der Waals surface area contributed by atoms with E-state index < -0.39 is 0 Å². The Morgan fingerprint density at radius 3 is 2.40 bits per heavy atom. The van der Waals surface area contributed by atoms with Gasteiger partial charge in [-0.25, -0.2) is 4.68 Å². The molecular weight excluding hydrogens is 378 g/mol. The summed E-state index contributed by atoms with van der Waals surface area (Å²) < 4.78 is 6.88. The van der Waals surface area contributed by atoms with E-state index in [1.54, 1.807) is 6.07 Å². The van der Waals surface area contributed by atoms with E-state index in [4.69, 9.17) is 4.74 Å². The van der Waals surface area contributed by atoms with Gasteiger partial charge in [-0.15, -0.1) is 0 Å². The van der Waals surface area contributed by atoms with Gasteiger partial charge in [-0.1, -0.05) is 55.8 Å². The Labute approximate surface area is 176 Å². The maximum Gasteiger partial charge on any atom is 0.266 e. The lowest BCUT2D eigenvalue weighted by Crippen LogP contribution is -2.34. The first kappa shape index (κ1) is 21.3. The first-order chi connectivity index (χ1) is 14.4. The van der Waals surface area contributed by atoms with Gasteiger partial charge >= 0.3 is 0 Å². The van der Waals surface area contributed by atoms with Crippen molar-refractivity contribution in [2.24, 2.45) is 0 Å². The monoisotopic (exact) mass is 405 g/mol. The summed E-state index contributed by atoms with van der Waals surface area (Å²) in [5.41, 5.74) is 3.83. The number of amides is 1. The van der Waals surface area contributed by atoms with Gasteiger partial charge in [0.05, 0.1) is 12.2 Å². The fraction of sp³-hybridized carbons (Fsp3) is 0.292. The number of nitrogens with one attached hydrogen (secondary N) is 1. The maximum atomic E-state index is 12.1. The molecule has 1 N–H and O–H groups in total. The van der Waals surface area contributed by atoms with Crippen LogP contribution < -0.4 is 15.6 Å². The minimum absolute atomic E-state index is 0.0766. The predicted molar refractivity (Wildman–Crippen MR) is 118 cm³/mol. The zero-order valence-corrected chi connectivity index (χ0v) is 17.6. The Morgan fingerprint density at radius 2 is 1.73 bits per heavy atom. The van der Waals surface area contributed by atoms with Crippen LogP contribution in [0.4, 0.5) is 0 Å². The van der Waals surface area contributed by atoms with E-state index in [-0.39, 0.29) is 24.6 Å². The molecule has 1 aromatic heterocycles. The van der Waals surface area contributed by atoms with Crippen molar-refractivity contribution in [2.75, 3.05) is 13.2 Å². The van der Waals surface area contributed by atoms with E-state index in [1.165, 1.54) is 16.3 Å². The third kappa shape index (κ3) is 5.80. The van der Waals surface area contributed by atoms with Crippen LogP contribution in [-0.4, -0.2) is 28.8 Å². The smallest absolute Gasteiger partial charge is 0.266 e. The Hall–Kier alpha value is -3.41. The van der Waals surface area contributed by atoms with Crippen LogP contribution in [-0.2, 0) is 11.3 Å². The Balaban J connectivity index is 1.50. The Morgan fingerprint density at radius 1 is 1.03 bits per heavy atom. The number of ether oxygens (including phenoxy) is 1. The molecule has 30 heavy (non-hydrogen) atoms. The molecule has 3 rings (SSSR count). The molecule has 156 valence electrons. The van der Waals surface area contributed by atoms with Gasteiger partial charge in [-0.2, -0.15) is 5.10 Å². The number of aromatic nitrogens is 2. The molecule has 0 saturated heterocycles. The molecule has 0 atom stereocenters. The molecule has 6 nitrogen and oxygen atoms in total. The predicted octanol–water partition coefficient (Wildman–Crippen LogP) is 3.54. The van der Waals surface area contributed by atoms with Gasteiger partial charge < -0.3 is 10.1 Å². The van der Waals surface area contributed by atoms with Crippen molar-refractivity contribution in [1.29, 1.82) is 0 Å². The van der Waals surface area contributed by atoms with Gasteiger partial charge in [0, 0.05) is 18.2 Å². The molecule has 0 aliphatic rings. The van der Waals surface area contributed by atoms with E-state index in [2.05, 4.69) is 24.3 Å². The molecule has 0 aliphatic heterocycles. The van der Waals surface area contributed by atoms with Gasteiger partial charge in [0.15, 0.2) is 6.61 Å². The van der Waals surface area contributed by atoms with Gasteiger partial charge in [0.1, 0.15) is 5.75 Å². The lowest BCUT2D eigenvalue weighted by Gasteiger charge is -2.10. The average Bonchev–Trinajstić information content (AvgIpc) is 2.74. The van der Waals surface area contributed by atoms with Crippen molar-refractivity contribution < 1.29 is 9.53 Å². The van der Waals surface area contributed by atoms with Crippen molar-refractivity contribution in [3.63, 3.8) is 0 Å². The van der Waals surface area contributed by atoms with Gasteiger partial charge in [-0.3, -0.25) is 9.59 Å². The van der Waals surface area contributed by atoms with Gasteiger partial charge in [-0.05, 0) is 36.6 Å². The highest BCUT2D eigenvalue weighted by molar-refractivity contribution is 5.77. The minimum atomic E-state index is -0.245. The van der Waals surface area contributed by atoms with Crippen LogP contribution in [0.3, 0.4) is 0 Å². The number of nitrogens with zero attached hydrogens (tertiary/aromatic N) is 2. The summed E-state index contributed by atoms with van der Waals surface area (Å²) in [6, 6.07) is 18.9. The van der Waals surface area contributed by atoms with E-state index >= 15 is 0 Å². The minimum Gasteiger partial charge on any atom is -0.484 e. The number of rotatable bonds is 8. The molecule has 0 saturated carbocycles. The summed E-state index contributed by atoms with van der Waals surface area (Å²) in [4.78, 5) is 24.1. The Bertz CT molecular complexity index is 1040. The SMILES string of the molecule is Cc1ccc(-c2ccc(=O)n(CCNC(=O)COc3ccc(C(C)C)cc3)n2)cc1. The van der Waals surface area contributed by atoms with Crippen LogP contribution in [0.2, 0.25) is 0 Å². The van der Waals surface area contributed by atoms with E-state index in [0.717, 1.165) is 11.1 Å². The van der Waals surface area contributed by atoms with Crippen LogP contribution >= 0.6 is 0 Å². The third-order valence-electron chi connectivity index (χ3n) is 4.78. The van der Waals surface area contributed by atoms with Crippen LogP contribution in [0.25, 0.3) is 11.3 Å². The quantitative estimate of drug-likeness (QED) is 0.622. The van der Waals surface area contributed by atoms with Gasteiger partial charge in [0.2, 0.25) is 0 Å². The van der Waals surface area contributed by atoms with Crippen LogP contribution in [0.1, 0.15) is 30.9 Å². The van der Waals surface area contributed by atoms with E-state index in [1.807, 2.05) is 55.5 Å². The summed E-state index contributed by atoms with van der Waals surface area (Å²) in [5.74, 6) is 0.854. The number of benzene rings is 2. The zero-order valence-electron chi connectivity index (χ0n) is 17.6. The highest BCUT2D eigenvalue weighted by atomic mass is 16.5. The number of carbonyl (C=O) groups excluding carboxylic acids is 1. The fourth-order valence-corrected chi connectivity index (χ4v) is 2.94. The van der Waals surface area contributed by atoms with Crippen molar-refractivity contribution in [1.82, 2.24) is 15.1 Å². The number of aryl methyl sites for hydroxylation is 1. The highest BCUT2D eigenvalue weighted by Crippen LogP contribution is 2.18. The first-order valence-electron chi connectivity index (χ1n) is 10.1.